The van der Waals surface area contributed by atoms with Crippen LogP contribution in [0.3, 0.4) is 0 Å². The van der Waals surface area contributed by atoms with Gasteiger partial charge >= 0.3 is 0 Å². The number of likely N-dealkylation sites (tertiary alicyclic amines) is 1. The van der Waals surface area contributed by atoms with Crippen LogP contribution in [0.2, 0.25) is 0 Å². The standard InChI is InChI=1S/C23H27FN4O2/c1-15(2)19-13-21(27(3)26-19)23(29)28-11-5-4-6-20(28)22-25-14-18(30-22)12-16-7-9-17(24)10-8-16/h7-10,13-15,20H,4-6,11-12H2,1-3H3/t20-/m1/s1. The van der Waals surface area contributed by atoms with Crippen molar-refractivity contribution in [3.8, 4) is 0 Å². The molecule has 158 valence electrons. The Morgan fingerprint density at radius 1 is 1.27 bits per heavy atom. The molecule has 0 spiro atoms. The van der Waals surface area contributed by atoms with Crippen LogP contribution in [0.4, 0.5) is 4.39 Å². The van der Waals surface area contributed by atoms with Gasteiger partial charge in [0.2, 0.25) is 5.89 Å². The molecule has 1 atom stereocenters. The summed E-state index contributed by atoms with van der Waals surface area (Å²) in [6.45, 7) is 4.80. The number of oxazole rings is 1. The first-order chi connectivity index (χ1) is 14.4. The van der Waals surface area contributed by atoms with Crippen molar-refractivity contribution >= 4 is 5.91 Å². The minimum atomic E-state index is -0.260. The number of benzene rings is 1. The molecule has 0 radical (unpaired) electrons. The number of nitrogens with zero attached hydrogens (tertiary/aromatic N) is 4. The zero-order chi connectivity index (χ0) is 21.3. The lowest BCUT2D eigenvalue weighted by molar-refractivity contribution is 0.0558. The van der Waals surface area contributed by atoms with Crippen LogP contribution in [0, 0.1) is 5.82 Å². The van der Waals surface area contributed by atoms with Crippen LogP contribution >= 0.6 is 0 Å². The van der Waals surface area contributed by atoms with Crippen molar-refractivity contribution in [3.63, 3.8) is 0 Å². The van der Waals surface area contributed by atoms with Gasteiger partial charge in [-0.25, -0.2) is 9.37 Å². The third-order valence-corrected chi connectivity index (χ3v) is 5.62. The van der Waals surface area contributed by atoms with Gasteiger partial charge in [-0.1, -0.05) is 26.0 Å². The number of hydrogen-bond donors (Lipinski definition) is 0. The highest BCUT2D eigenvalue weighted by molar-refractivity contribution is 5.93. The summed E-state index contributed by atoms with van der Waals surface area (Å²) < 4.78 is 20.8. The molecule has 0 bridgehead atoms. The average Bonchev–Trinajstić information content (AvgIpc) is 3.36. The van der Waals surface area contributed by atoms with E-state index >= 15 is 0 Å². The van der Waals surface area contributed by atoms with E-state index in [-0.39, 0.29) is 23.7 Å². The molecule has 7 heteroatoms. The Balaban J connectivity index is 1.54. The third kappa shape index (κ3) is 4.15. The molecule has 1 aromatic carbocycles. The van der Waals surface area contributed by atoms with Crippen molar-refractivity contribution < 1.29 is 13.6 Å². The van der Waals surface area contributed by atoms with Crippen molar-refractivity contribution in [1.82, 2.24) is 19.7 Å². The first-order valence-electron chi connectivity index (χ1n) is 10.5. The maximum Gasteiger partial charge on any atom is 0.272 e. The smallest absolute Gasteiger partial charge is 0.272 e. The van der Waals surface area contributed by atoms with Gasteiger partial charge in [0.1, 0.15) is 23.3 Å². The van der Waals surface area contributed by atoms with E-state index in [0.29, 0.717) is 30.3 Å². The molecule has 1 aliphatic heterocycles. The maximum absolute atomic E-state index is 13.3. The number of carbonyl (C=O) groups is 1. The van der Waals surface area contributed by atoms with E-state index in [0.717, 1.165) is 30.5 Å². The van der Waals surface area contributed by atoms with Gasteiger partial charge in [0.05, 0.1) is 11.9 Å². The number of halogens is 1. The number of piperidine rings is 1. The number of carbonyl (C=O) groups excluding carboxylic acids is 1. The molecule has 1 amide bonds. The fraction of sp³-hybridized carbons (Fsp3) is 0.435. The fourth-order valence-electron chi connectivity index (χ4n) is 3.91. The molecule has 4 rings (SSSR count). The van der Waals surface area contributed by atoms with Crippen molar-refractivity contribution in [2.75, 3.05) is 6.54 Å². The van der Waals surface area contributed by atoms with Crippen LogP contribution < -0.4 is 0 Å². The van der Waals surface area contributed by atoms with Crippen molar-refractivity contribution in [3.05, 3.63) is 70.9 Å². The predicted molar refractivity (Wildman–Crippen MR) is 111 cm³/mol. The second-order valence-electron chi connectivity index (χ2n) is 8.21. The Morgan fingerprint density at radius 2 is 2.03 bits per heavy atom. The van der Waals surface area contributed by atoms with Gasteiger partial charge < -0.3 is 9.32 Å². The highest BCUT2D eigenvalue weighted by Gasteiger charge is 2.33. The lowest BCUT2D eigenvalue weighted by atomic mass is 10.0. The zero-order valence-electron chi connectivity index (χ0n) is 17.6. The molecule has 30 heavy (non-hydrogen) atoms. The van der Waals surface area contributed by atoms with Crippen molar-refractivity contribution in [1.29, 1.82) is 0 Å². The van der Waals surface area contributed by atoms with Gasteiger partial charge in [-0.15, -0.1) is 0 Å². The van der Waals surface area contributed by atoms with E-state index in [4.69, 9.17) is 4.42 Å². The Morgan fingerprint density at radius 3 is 2.73 bits per heavy atom. The van der Waals surface area contributed by atoms with Crippen LogP contribution in [0.25, 0.3) is 0 Å². The van der Waals surface area contributed by atoms with E-state index in [9.17, 15) is 9.18 Å². The summed E-state index contributed by atoms with van der Waals surface area (Å²) in [5.74, 6) is 1.23. The Bertz CT molecular complexity index is 1020. The lowest BCUT2D eigenvalue weighted by Crippen LogP contribution is -2.39. The highest BCUT2D eigenvalue weighted by Crippen LogP contribution is 2.32. The summed E-state index contributed by atoms with van der Waals surface area (Å²) in [6.07, 6.45) is 5.04. The lowest BCUT2D eigenvalue weighted by Gasteiger charge is -2.33. The van der Waals surface area contributed by atoms with Crippen molar-refractivity contribution in [2.45, 2.75) is 51.5 Å². The minimum Gasteiger partial charge on any atom is -0.443 e. The van der Waals surface area contributed by atoms with Crippen molar-refractivity contribution in [2.24, 2.45) is 7.05 Å². The Labute approximate surface area is 175 Å². The third-order valence-electron chi connectivity index (χ3n) is 5.62. The molecule has 0 unspecified atom stereocenters. The summed E-state index contributed by atoms with van der Waals surface area (Å²) in [6, 6.07) is 8.05. The molecule has 3 heterocycles. The number of aryl methyl sites for hydroxylation is 1. The minimum absolute atomic E-state index is 0.0418. The molecule has 1 saturated heterocycles. The van der Waals surface area contributed by atoms with E-state index < -0.39 is 0 Å². The summed E-state index contributed by atoms with van der Waals surface area (Å²) in [4.78, 5) is 19.7. The second kappa shape index (κ2) is 8.42. The maximum atomic E-state index is 13.3. The van der Waals surface area contributed by atoms with Crippen LogP contribution in [0.5, 0.6) is 0 Å². The number of rotatable bonds is 5. The normalized spacial score (nSPS) is 17.0. The molecule has 0 N–H and O–H groups in total. The molecule has 0 aliphatic carbocycles. The summed E-state index contributed by atoms with van der Waals surface area (Å²) in [5, 5.41) is 4.48. The van der Waals surface area contributed by atoms with Gasteiger partial charge in [0, 0.05) is 20.0 Å². The molecule has 3 aromatic rings. The number of amides is 1. The first kappa shape index (κ1) is 20.3. The largest absolute Gasteiger partial charge is 0.443 e. The molecule has 1 aliphatic rings. The van der Waals surface area contributed by atoms with E-state index in [1.807, 2.05) is 18.0 Å². The SMILES string of the molecule is CC(C)c1cc(C(=O)N2CCCC[C@@H]2c2ncc(Cc3ccc(F)cc3)o2)n(C)n1. The molecule has 1 fully saturated rings. The second-order valence-corrected chi connectivity index (χ2v) is 8.21. The monoisotopic (exact) mass is 410 g/mol. The van der Waals surface area contributed by atoms with Gasteiger partial charge in [-0.3, -0.25) is 9.48 Å². The topological polar surface area (TPSA) is 64.2 Å². The zero-order valence-corrected chi connectivity index (χ0v) is 17.6. The van der Waals surface area contributed by atoms with Crippen LogP contribution in [-0.2, 0) is 13.5 Å². The molecular weight excluding hydrogens is 383 g/mol. The summed E-state index contributed by atoms with van der Waals surface area (Å²) >= 11 is 0. The van der Waals surface area contributed by atoms with Crippen LogP contribution in [-0.4, -0.2) is 32.1 Å². The quantitative estimate of drug-likeness (QED) is 0.615. The van der Waals surface area contributed by atoms with E-state index in [1.165, 1.54) is 12.1 Å². The van der Waals surface area contributed by atoms with Crippen LogP contribution in [0.1, 0.15) is 78.5 Å². The number of aromatic nitrogens is 3. The average molecular weight is 410 g/mol. The van der Waals surface area contributed by atoms with Gasteiger partial charge in [-0.2, -0.15) is 5.10 Å². The van der Waals surface area contributed by atoms with Gasteiger partial charge in [0.15, 0.2) is 0 Å². The first-order valence-corrected chi connectivity index (χ1v) is 10.5. The van der Waals surface area contributed by atoms with E-state index in [2.05, 4.69) is 23.9 Å². The fourth-order valence-corrected chi connectivity index (χ4v) is 3.91. The summed E-state index contributed by atoms with van der Waals surface area (Å²) in [7, 11) is 1.81. The molecular formula is C23H27FN4O2. The highest BCUT2D eigenvalue weighted by atomic mass is 19.1. The van der Waals surface area contributed by atoms with Crippen LogP contribution in [0.15, 0.2) is 40.9 Å². The van der Waals surface area contributed by atoms with E-state index in [1.54, 1.807) is 23.0 Å². The molecule has 2 aromatic heterocycles. The Hall–Kier alpha value is -2.96. The summed E-state index contributed by atoms with van der Waals surface area (Å²) in [5.41, 5.74) is 2.45. The molecule has 0 saturated carbocycles. The Kier molecular flexibility index (Phi) is 5.70. The number of hydrogen-bond acceptors (Lipinski definition) is 4. The molecule has 6 nitrogen and oxygen atoms in total. The van der Waals surface area contributed by atoms with Gasteiger partial charge in [0.25, 0.3) is 5.91 Å². The predicted octanol–water partition coefficient (Wildman–Crippen LogP) is 4.63. The van der Waals surface area contributed by atoms with Gasteiger partial charge in [-0.05, 0) is 48.9 Å².